The lowest BCUT2D eigenvalue weighted by molar-refractivity contribution is -0.137. The number of aryl methyl sites for hydroxylation is 2. The van der Waals surface area contributed by atoms with Gasteiger partial charge in [0.2, 0.25) is 0 Å². The van der Waals surface area contributed by atoms with Crippen LogP contribution in [0.15, 0.2) is 30.5 Å². The molecule has 1 heterocycles. The molecule has 0 bridgehead atoms. The van der Waals surface area contributed by atoms with Crippen molar-refractivity contribution < 1.29 is 15.0 Å². The number of fused-ring (bicyclic) bond motifs is 1. The zero-order valence-corrected chi connectivity index (χ0v) is 10.9. The van der Waals surface area contributed by atoms with Gasteiger partial charge in [-0.2, -0.15) is 0 Å². The van der Waals surface area contributed by atoms with Crippen molar-refractivity contribution in [2.24, 2.45) is 0 Å². The Balaban J connectivity index is 2.20. The number of aliphatic carboxylic acids is 1. The van der Waals surface area contributed by atoms with Crippen molar-refractivity contribution in [2.45, 2.75) is 32.2 Å². The number of benzene rings is 1. The second kappa shape index (κ2) is 6.38. The monoisotopic (exact) mass is 261 g/mol. The van der Waals surface area contributed by atoms with Crippen LogP contribution in [-0.4, -0.2) is 27.4 Å². The maximum Gasteiger partial charge on any atom is 0.303 e. The van der Waals surface area contributed by atoms with Crippen LogP contribution < -0.4 is 0 Å². The van der Waals surface area contributed by atoms with E-state index in [1.165, 1.54) is 10.9 Å². The Bertz CT molecular complexity index is 560. The second-order valence-corrected chi connectivity index (χ2v) is 4.69. The molecule has 0 aliphatic heterocycles. The van der Waals surface area contributed by atoms with E-state index in [2.05, 4.69) is 22.9 Å². The lowest BCUT2D eigenvalue weighted by atomic mass is 10.1. The number of hydrogen-bond donors (Lipinski definition) is 2. The first-order chi connectivity index (χ1) is 9.22. The quantitative estimate of drug-likeness (QED) is 0.804. The summed E-state index contributed by atoms with van der Waals surface area (Å²) in [6, 6.07) is 8.13. The molecule has 19 heavy (non-hydrogen) atoms. The molecule has 0 saturated carbocycles. The predicted octanol–water partition coefficient (Wildman–Crippen LogP) is 2.43. The van der Waals surface area contributed by atoms with Gasteiger partial charge in [-0.3, -0.25) is 4.79 Å². The fraction of sp³-hybridized carbons (Fsp3) is 0.400. The van der Waals surface area contributed by atoms with Crippen LogP contribution in [0.25, 0.3) is 10.9 Å². The van der Waals surface area contributed by atoms with Gasteiger partial charge in [0.15, 0.2) is 0 Å². The number of hydrogen-bond acceptors (Lipinski definition) is 2. The number of carboxylic acid groups (broad SMARTS) is 1. The van der Waals surface area contributed by atoms with Gasteiger partial charge >= 0.3 is 5.97 Å². The zero-order valence-electron chi connectivity index (χ0n) is 10.9. The summed E-state index contributed by atoms with van der Waals surface area (Å²) >= 11 is 0. The summed E-state index contributed by atoms with van der Waals surface area (Å²) in [6.45, 7) is 0.969. The smallest absolute Gasteiger partial charge is 0.303 e. The third-order valence-electron chi connectivity index (χ3n) is 3.26. The lowest BCUT2D eigenvalue weighted by Crippen LogP contribution is -1.98. The van der Waals surface area contributed by atoms with Gasteiger partial charge in [-0.25, -0.2) is 0 Å². The van der Waals surface area contributed by atoms with Gasteiger partial charge in [-0.15, -0.1) is 0 Å². The maximum absolute atomic E-state index is 10.6. The van der Waals surface area contributed by atoms with Crippen molar-refractivity contribution in [3.63, 3.8) is 0 Å². The van der Waals surface area contributed by atoms with Crippen LogP contribution in [0, 0.1) is 0 Å². The normalized spacial score (nSPS) is 11.0. The third-order valence-corrected chi connectivity index (χ3v) is 3.26. The highest BCUT2D eigenvalue weighted by Gasteiger charge is 2.08. The summed E-state index contributed by atoms with van der Waals surface area (Å²) in [4.78, 5) is 10.6. The molecule has 1 aromatic carbocycles. The minimum Gasteiger partial charge on any atom is -0.481 e. The minimum atomic E-state index is -0.746. The first-order valence-corrected chi connectivity index (χ1v) is 6.62. The molecule has 0 spiro atoms. The highest BCUT2D eigenvalue weighted by Crippen LogP contribution is 2.23. The Morgan fingerprint density at radius 3 is 2.74 bits per heavy atom. The van der Waals surface area contributed by atoms with Gasteiger partial charge in [-0.05, 0) is 30.9 Å². The highest BCUT2D eigenvalue weighted by molar-refractivity contribution is 5.84. The van der Waals surface area contributed by atoms with Gasteiger partial charge < -0.3 is 14.8 Å². The molecule has 2 aromatic rings. The predicted molar refractivity (Wildman–Crippen MR) is 74.2 cm³/mol. The number of aliphatic hydroxyl groups excluding tert-OH is 1. The van der Waals surface area contributed by atoms with Crippen molar-refractivity contribution in [1.29, 1.82) is 0 Å². The average Bonchev–Trinajstić information content (AvgIpc) is 2.75. The molecular formula is C15H19NO3. The fourth-order valence-corrected chi connectivity index (χ4v) is 2.38. The largest absolute Gasteiger partial charge is 0.481 e. The molecule has 0 unspecified atom stereocenters. The van der Waals surface area contributed by atoms with Crippen LogP contribution in [0.2, 0.25) is 0 Å². The second-order valence-electron chi connectivity index (χ2n) is 4.69. The summed E-state index contributed by atoms with van der Waals surface area (Å²) in [6.07, 6.45) is 4.45. The topological polar surface area (TPSA) is 62.5 Å². The first-order valence-electron chi connectivity index (χ1n) is 6.62. The van der Waals surface area contributed by atoms with Crippen molar-refractivity contribution >= 4 is 16.9 Å². The maximum atomic E-state index is 10.6. The van der Waals surface area contributed by atoms with Crippen LogP contribution in [0.5, 0.6) is 0 Å². The van der Waals surface area contributed by atoms with Gasteiger partial charge in [0.05, 0.1) is 0 Å². The Hall–Kier alpha value is -1.81. The molecule has 0 aliphatic rings. The summed E-state index contributed by atoms with van der Waals surface area (Å²) in [5, 5.41) is 18.8. The van der Waals surface area contributed by atoms with Gasteiger partial charge in [0.1, 0.15) is 0 Å². The minimum absolute atomic E-state index is 0.181. The first kappa shape index (κ1) is 13.6. The van der Waals surface area contributed by atoms with E-state index in [4.69, 9.17) is 10.2 Å². The summed E-state index contributed by atoms with van der Waals surface area (Å²) in [5.74, 6) is -0.746. The Morgan fingerprint density at radius 2 is 2.00 bits per heavy atom. The van der Waals surface area contributed by atoms with Crippen LogP contribution in [0.3, 0.4) is 0 Å². The number of aliphatic hydroxyl groups is 1. The van der Waals surface area contributed by atoms with Crippen molar-refractivity contribution in [3.05, 3.63) is 36.0 Å². The van der Waals surface area contributed by atoms with Gasteiger partial charge in [0, 0.05) is 36.7 Å². The van der Waals surface area contributed by atoms with E-state index in [0.717, 1.165) is 24.9 Å². The van der Waals surface area contributed by atoms with Gasteiger partial charge in [-0.1, -0.05) is 18.2 Å². The molecule has 0 aliphatic carbocycles. The molecule has 0 atom stereocenters. The van der Waals surface area contributed by atoms with E-state index in [1.54, 1.807) is 0 Å². The molecular weight excluding hydrogens is 242 g/mol. The SMILES string of the molecule is O=C(O)CCCc1cn(CCCO)c2ccccc12. The molecule has 4 heteroatoms. The van der Waals surface area contributed by atoms with Crippen LogP contribution in [0.4, 0.5) is 0 Å². The number of carboxylic acids is 1. The summed E-state index contributed by atoms with van der Waals surface area (Å²) < 4.78 is 2.14. The molecule has 2 rings (SSSR count). The van der Waals surface area contributed by atoms with Crippen LogP contribution in [-0.2, 0) is 17.8 Å². The molecule has 0 saturated heterocycles. The Labute approximate surface area is 112 Å². The molecule has 0 fully saturated rings. The fourth-order valence-electron chi connectivity index (χ4n) is 2.38. The van der Waals surface area contributed by atoms with E-state index in [0.29, 0.717) is 6.42 Å². The number of para-hydroxylation sites is 1. The standard InChI is InChI=1S/C15H19NO3/c17-10-4-9-16-11-12(5-3-8-15(18)19)13-6-1-2-7-14(13)16/h1-2,6-7,11,17H,3-5,8-10H2,(H,18,19). The molecule has 2 N–H and O–H groups in total. The van der Waals surface area contributed by atoms with E-state index in [-0.39, 0.29) is 13.0 Å². The average molecular weight is 261 g/mol. The van der Waals surface area contributed by atoms with Crippen molar-refractivity contribution in [2.75, 3.05) is 6.61 Å². The Kier molecular flexibility index (Phi) is 4.58. The third kappa shape index (κ3) is 3.35. The molecule has 0 amide bonds. The number of carbonyl (C=O) groups is 1. The molecule has 102 valence electrons. The van der Waals surface area contributed by atoms with Crippen LogP contribution >= 0.6 is 0 Å². The van der Waals surface area contributed by atoms with Crippen molar-refractivity contribution in [3.8, 4) is 0 Å². The van der Waals surface area contributed by atoms with E-state index in [9.17, 15) is 4.79 Å². The van der Waals surface area contributed by atoms with Crippen molar-refractivity contribution in [1.82, 2.24) is 4.57 Å². The van der Waals surface area contributed by atoms with E-state index >= 15 is 0 Å². The summed E-state index contributed by atoms with van der Waals surface area (Å²) in [7, 11) is 0. The highest BCUT2D eigenvalue weighted by atomic mass is 16.4. The van der Waals surface area contributed by atoms with Crippen LogP contribution in [0.1, 0.15) is 24.8 Å². The number of rotatable bonds is 7. The zero-order chi connectivity index (χ0) is 13.7. The van der Waals surface area contributed by atoms with Gasteiger partial charge in [0.25, 0.3) is 0 Å². The number of aromatic nitrogens is 1. The summed E-state index contributed by atoms with van der Waals surface area (Å²) in [5.41, 5.74) is 2.34. The lowest BCUT2D eigenvalue weighted by Gasteiger charge is -2.02. The van der Waals surface area contributed by atoms with E-state index < -0.39 is 5.97 Å². The molecule has 0 radical (unpaired) electrons. The Morgan fingerprint density at radius 1 is 1.21 bits per heavy atom. The number of nitrogens with zero attached hydrogens (tertiary/aromatic N) is 1. The molecule has 1 aromatic heterocycles. The molecule has 4 nitrogen and oxygen atoms in total. The van der Waals surface area contributed by atoms with E-state index in [1.807, 2.05) is 12.1 Å².